The molecule has 2 rings (SSSR count). The lowest BCUT2D eigenvalue weighted by Gasteiger charge is -2.11. The Morgan fingerprint density at radius 2 is 2.42 bits per heavy atom. The number of β-amino-alcohol motifs (C(OH)–C–C–N with tert-alkyl or cyclic N) is 1. The van der Waals surface area contributed by atoms with E-state index in [1.54, 1.807) is 12.1 Å². The molecule has 3 N–H and O–H groups in total. The lowest BCUT2D eigenvalue weighted by atomic mass is 10.1. The van der Waals surface area contributed by atoms with Gasteiger partial charge >= 0.3 is 0 Å². The quantitative estimate of drug-likeness (QED) is 0.679. The number of hydrogen-bond donors (Lipinski definition) is 3. The molecular formula is C14H15FN2O2. The number of rotatable bonds is 3. The van der Waals surface area contributed by atoms with Crippen molar-refractivity contribution in [2.24, 2.45) is 0 Å². The first kappa shape index (κ1) is 13.5. The predicted molar refractivity (Wildman–Crippen MR) is 68.6 cm³/mol. The molecule has 0 aromatic heterocycles. The van der Waals surface area contributed by atoms with Crippen LogP contribution in [-0.4, -0.2) is 29.7 Å². The largest absolute Gasteiger partial charge is 0.392 e. The van der Waals surface area contributed by atoms with E-state index in [0.29, 0.717) is 24.1 Å². The van der Waals surface area contributed by atoms with Crippen molar-refractivity contribution in [2.75, 3.05) is 6.54 Å². The number of carbonyl (C=O) groups excluding carboxylic acids is 1. The molecular weight excluding hydrogens is 247 g/mol. The molecule has 19 heavy (non-hydrogen) atoms. The second kappa shape index (κ2) is 5.83. The average Bonchev–Trinajstić information content (AvgIpc) is 2.83. The molecule has 100 valence electrons. The first-order valence-corrected chi connectivity index (χ1v) is 6.04. The highest BCUT2D eigenvalue weighted by Crippen LogP contribution is 2.11. The first-order chi connectivity index (χ1) is 9.10. The fraction of sp³-hybridized carbons (Fsp3) is 0.357. The van der Waals surface area contributed by atoms with Crippen LogP contribution in [0.3, 0.4) is 0 Å². The molecule has 1 aromatic carbocycles. The molecule has 1 saturated heterocycles. The SMILES string of the molecule is C#Cc1ccc(CNC(=O)C2CC(O)CN2)c(F)c1. The molecule has 4 nitrogen and oxygen atoms in total. The summed E-state index contributed by atoms with van der Waals surface area (Å²) in [6.07, 6.45) is 5.05. The normalized spacial score (nSPS) is 21.9. The van der Waals surface area contributed by atoms with Crippen LogP contribution in [0.25, 0.3) is 0 Å². The van der Waals surface area contributed by atoms with Gasteiger partial charge in [0.05, 0.1) is 12.1 Å². The maximum atomic E-state index is 13.6. The number of amides is 1. The highest BCUT2D eigenvalue weighted by Gasteiger charge is 2.27. The van der Waals surface area contributed by atoms with E-state index in [-0.39, 0.29) is 12.5 Å². The van der Waals surface area contributed by atoms with Crippen LogP contribution in [0.1, 0.15) is 17.5 Å². The Morgan fingerprint density at radius 1 is 1.63 bits per heavy atom. The van der Waals surface area contributed by atoms with Crippen molar-refractivity contribution in [1.82, 2.24) is 10.6 Å². The minimum atomic E-state index is -0.498. The van der Waals surface area contributed by atoms with Gasteiger partial charge in [0.1, 0.15) is 5.82 Å². The van der Waals surface area contributed by atoms with Crippen molar-refractivity contribution < 1.29 is 14.3 Å². The van der Waals surface area contributed by atoms with Gasteiger partial charge in [0.25, 0.3) is 0 Å². The van der Waals surface area contributed by atoms with Crippen molar-refractivity contribution in [3.8, 4) is 12.3 Å². The zero-order valence-corrected chi connectivity index (χ0v) is 10.3. The molecule has 1 aromatic rings. The van der Waals surface area contributed by atoms with Crippen LogP contribution in [0.5, 0.6) is 0 Å². The molecule has 2 atom stereocenters. The molecule has 5 heteroatoms. The number of carbonyl (C=O) groups is 1. The zero-order valence-electron chi connectivity index (χ0n) is 10.3. The Bertz CT molecular complexity index is 525. The summed E-state index contributed by atoms with van der Waals surface area (Å²) in [5.74, 6) is 1.67. The van der Waals surface area contributed by atoms with Crippen LogP contribution in [0.4, 0.5) is 4.39 Å². The molecule has 0 radical (unpaired) electrons. The van der Waals surface area contributed by atoms with Crippen LogP contribution in [0.15, 0.2) is 18.2 Å². The average molecular weight is 262 g/mol. The van der Waals surface area contributed by atoms with Gasteiger partial charge in [-0.15, -0.1) is 6.42 Å². The van der Waals surface area contributed by atoms with Crippen LogP contribution in [0, 0.1) is 18.2 Å². The highest BCUT2D eigenvalue weighted by molar-refractivity contribution is 5.82. The lowest BCUT2D eigenvalue weighted by Crippen LogP contribution is -2.40. The third kappa shape index (κ3) is 3.31. The molecule has 1 fully saturated rings. The summed E-state index contributed by atoms with van der Waals surface area (Å²) in [6, 6.07) is 4.03. The summed E-state index contributed by atoms with van der Waals surface area (Å²) >= 11 is 0. The molecule has 0 bridgehead atoms. The summed E-state index contributed by atoms with van der Waals surface area (Å²) in [4.78, 5) is 11.8. The molecule has 1 heterocycles. The van der Waals surface area contributed by atoms with E-state index in [4.69, 9.17) is 6.42 Å². The number of benzene rings is 1. The molecule has 1 aliphatic heterocycles. The molecule has 0 spiro atoms. The Balaban J connectivity index is 1.92. The number of hydrogen-bond acceptors (Lipinski definition) is 3. The summed E-state index contributed by atoms with van der Waals surface area (Å²) in [6.45, 7) is 0.507. The smallest absolute Gasteiger partial charge is 0.237 e. The third-order valence-corrected chi connectivity index (χ3v) is 3.10. The maximum absolute atomic E-state index is 13.6. The van der Waals surface area contributed by atoms with Gasteiger partial charge in [-0.3, -0.25) is 4.79 Å². The molecule has 0 aliphatic carbocycles. The van der Waals surface area contributed by atoms with E-state index in [1.807, 2.05) is 0 Å². The van der Waals surface area contributed by atoms with E-state index in [2.05, 4.69) is 16.6 Å². The Morgan fingerprint density at radius 3 is 3.00 bits per heavy atom. The second-order valence-corrected chi connectivity index (χ2v) is 4.52. The van der Waals surface area contributed by atoms with Gasteiger partial charge < -0.3 is 15.7 Å². The molecule has 2 unspecified atom stereocenters. The zero-order chi connectivity index (χ0) is 13.8. The van der Waals surface area contributed by atoms with Crippen molar-refractivity contribution in [2.45, 2.75) is 25.1 Å². The minimum Gasteiger partial charge on any atom is -0.392 e. The summed E-state index contributed by atoms with van der Waals surface area (Å²) in [5, 5.41) is 14.8. The van der Waals surface area contributed by atoms with E-state index in [9.17, 15) is 14.3 Å². The third-order valence-electron chi connectivity index (χ3n) is 3.10. The van der Waals surface area contributed by atoms with E-state index < -0.39 is 18.0 Å². The van der Waals surface area contributed by atoms with Crippen LogP contribution >= 0.6 is 0 Å². The number of nitrogens with one attached hydrogen (secondary N) is 2. The van der Waals surface area contributed by atoms with Gasteiger partial charge in [-0.1, -0.05) is 12.0 Å². The van der Waals surface area contributed by atoms with Gasteiger partial charge in [0.2, 0.25) is 5.91 Å². The Hall–Kier alpha value is -1.90. The topological polar surface area (TPSA) is 61.4 Å². The maximum Gasteiger partial charge on any atom is 0.237 e. The highest BCUT2D eigenvalue weighted by atomic mass is 19.1. The minimum absolute atomic E-state index is 0.101. The number of terminal acetylenes is 1. The van der Waals surface area contributed by atoms with Gasteiger partial charge in [-0.25, -0.2) is 4.39 Å². The summed E-state index contributed by atoms with van der Waals surface area (Å²) in [7, 11) is 0. The number of aliphatic hydroxyl groups is 1. The lowest BCUT2D eigenvalue weighted by molar-refractivity contribution is -0.123. The van der Waals surface area contributed by atoms with Gasteiger partial charge in [0, 0.05) is 24.2 Å². The molecule has 1 amide bonds. The standard InChI is InChI=1S/C14H15FN2O2/c1-2-9-3-4-10(12(15)5-9)7-17-14(19)13-6-11(18)8-16-13/h1,3-5,11,13,16,18H,6-8H2,(H,17,19). The summed E-state index contributed by atoms with van der Waals surface area (Å²) in [5.41, 5.74) is 0.846. The molecule has 1 aliphatic rings. The number of halogens is 1. The Kier molecular flexibility index (Phi) is 4.15. The van der Waals surface area contributed by atoms with E-state index in [0.717, 1.165) is 0 Å². The van der Waals surface area contributed by atoms with Crippen molar-refractivity contribution in [3.63, 3.8) is 0 Å². The second-order valence-electron chi connectivity index (χ2n) is 4.52. The Labute approximate surface area is 111 Å². The van der Waals surface area contributed by atoms with Gasteiger partial charge in [-0.2, -0.15) is 0 Å². The van der Waals surface area contributed by atoms with E-state index >= 15 is 0 Å². The first-order valence-electron chi connectivity index (χ1n) is 6.04. The summed E-state index contributed by atoms with van der Waals surface area (Å²) < 4.78 is 13.6. The van der Waals surface area contributed by atoms with Gasteiger partial charge in [-0.05, 0) is 18.6 Å². The van der Waals surface area contributed by atoms with Crippen molar-refractivity contribution in [3.05, 3.63) is 35.1 Å². The molecule has 0 saturated carbocycles. The fourth-order valence-corrected chi connectivity index (χ4v) is 2.00. The monoisotopic (exact) mass is 262 g/mol. The van der Waals surface area contributed by atoms with E-state index in [1.165, 1.54) is 6.07 Å². The number of aliphatic hydroxyl groups excluding tert-OH is 1. The van der Waals surface area contributed by atoms with Gasteiger partial charge in [0.15, 0.2) is 0 Å². The predicted octanol–water partition coefficient (Wildman–Crippen LogP) is 0.146. The van der Waals surface area contributed by atoms with Crippen molar-refractivity contribution >= 4 is 5.91 Å². The van der Waals surface area contributed by atoms with Crippen molar-refractivity contribution in [1.29, 1.82) is 0 Å². The van der Waals surface area contributed by atoms with Crippen LogP contribution in [-0.2, 0) is 11.3 Å². The fourth-order valence-electron chi connectivity index (χ4n) is 2.00. The van der Waals surface area contributed by atoms with Crippen LogP contribution < -0.4 is 10.6 Å². The van der Waals surface area contributed by atoms with Crippen LogP contribution in [0.2, 0.25) is 0 Å².